The number of rotatable bonds is 6. The van der Waals surface area contributed by atoms with Crippen LogP contribution in [-0.4, -0.2) is 46.8 Å². The van der Waals surface area contributed by atoms with E-state index in [1.165, 1.54) is 0 Å². The summed E-state index contributed by atoms with van der Waals surface area (Å²) in [5, 5.41) is 8.38. The molecule has 1 amide bonds. The van der Waals surface area contributed by atoms with E-state index in [4.69, 9.17) is 9.47 Å². The predicted molar refractivity (Wildman–Crippen MR) is 118 cm³/mol. The maximum Gasteiger partial charge on any atom is 0.275 e. The average molecular weight is 416 g/mol. The minimum atomic E-state index is -0.198. The van der Waals surface area contributed by atoms with Gasteiger partial charge in [-0.05, 0) is 54.8 Å². The number of aromatic amines is 2. The van der Waals surface area contributed by atoms with E-state index in [0.717, 1.165) is 44.8 Å². The van der Waals surface area contributed by atoms with Gasteiger partial charge >= 0.3 is 0 Å². The summed E-state index contributed by atoms with van der Waals surface area (Å²) < 4.78 is 10.8. The van der Waals surface area contributed by atoms with Crippen molar-refractivity contribution >= 4 is 16.8 Å². The molecule has 0 saturated heterocycles. The number of fused-ring (bicyclic) bond motifs is 2. The normalized spacial score (nSPS) is 15.5. The molecular weight excluding hydrogens is 392 g/mol. The van der Waals surface area contributed by atoms with E-state index < -0.39 is 0 Å². The minimum absolute atomic E-state index is 0.0513. The first kappa shape index (κ1) is 19.2. The lowest BCUT2D eigenvalue weighted by molar-refractivity contribution is 0.0745. The van der Waals surface area contributed by atoms with Crippen LogP contribution in [0.25, 0.3) is 10.9 Å². The van der Waals surface area contributed by atoms with Gasteiger partial charge in [0.1, 0.15) is 11.5 Å². The van der Waals surface area contributed by atoms with Crippen molar-refractivity contribution in [3.8, 4) is 11.5 Å². The maximum absolute atomic E-state index is 13.3. The van der Waals surface area contributed by atoms with Gasteiger partial charge in [-0.1, -0.05) is 12.1 Å². The Labute approximate surface area is 180 Å². The van der Waals surface area contributed by atoms with Crippen molar-refractivity contribution in [2.75, 3.05) is 20.8 Å². The van der Waals surface area contributed by atoms with Crippen LogP contribution in [0.1, 0.15) is 38.9 Å². The molecule has 158 valence electrons. The molecule has 1 aliphatic heterocycles. The summed E-state index contributed by atoms with van der Waals surface area (Å²) >= 11 is 0. The molecule has 0 unspecified atom stereocenters. The summed E-state index contributed by atoms with van der Waals surface area (Å²) in [6.07, 6.45) is 2.72. The Bertz CT molecular complexity index is 1270. The minimum Gasteiger partial charge on any atom is -0.497 e. The van der Waals surface area contributed by atoms with Crippen molar-refractivity contribution in [1.29, 1.82) is 0 Å². The monoisotopic (exact) mass is 416 g/mol. The molecule has 31 heavy (non-hydrogen) atoms. The van der Waals surface area contributed by atoms with Crippen molar-refractivity contribution in [2.24, 2.45) is 0 Å². The number of carbonyl (C=O) groups excluding carboxylic acids is 1. The molecule has 2 N–H and O–H groups in total. The van der Waals surface area contributed by atoms with Gasteiger partial charge in [0.2, 0.25) is 0 Å². The highest BCUT2D eigenvalue weighted by molar-refractivity contribution is 5.98. The Balaban J connectivity index is 1.49. The number of hydrogen-bond acceptors (Lipinski definition) is 4. The van der Waals surface area contributed by atoms with Crippen LogP contribution in [0.4, 0.5) is 0 Å². The first-order chi connectivity index (χ1) is 15.1. The van der Waals surface area contributed by atoms with Crippen LogP contribution < -0.4 is 9.47 Å². The van der Waals surface area contributed by atoms with E-state index in [2.05, 4.69) is 15.2 Å². The Morgan fingerprint density at radius 1 is 1.10 bits per heavy atom. The van der Waals surface area contributed by atoms with Crippen LogP contribution in [-0.2, 0) is 6.42 Å². The number of carbonyl (C=O) groups is 1. The second-order valence-electron chi connectivity index (χ2n) is 7.76. The molecular formula is C24H24N4O3. The fourth-order valence-corrected chi connectivity index (χ4v) is 4.47. The highest BCUT2D eigenvalue weighted by Gasteiger charge is 2.41. The fourth-order valence-electron chi connectivity index (χ4n) is 4.47. The Kier molecular flexibility index (Phi) is 4.66. The van der Waals surface area contributed by atoms with Gasteiger partial charge in [0.05, 0.1) is 20.3 Å². The number of amides is 1. The zero-order chi connectivity index (χ0) is 21.5. The number of nitrogens with one attached hydrogen (secondary N) is 2. The van der Waals surface area contributed by atoms with Crippen molar-refractivity contribution in [1.82, 2.24) is 20.1 Å². The number of benzene rings is 2. The molecule has 3 heterocycles. The lowest BCUT2D eigenvalue weighted by Gasteiger charge is -2.26. The molecule has 7 heteroatoms. The highest BCUT2D eigenvalue weighted by Crippen LogP contribution is 2.40. The molecule has 0 radical (unpaired) electrons. The molecule has 5 rings (SSSR count). The Morgan fingerprint density at radius 3 is 2.71 bits per heavy atom. The van der Waals surface area contributed by atoms with Crippen LogP contribution in [0.3, 0.4) is 0 Å². The second-order valence-corrected chi connectivity index (χ2v) is 7.76. The van der Waals surface area contributed by atoms with E-state index in [1.54, 1.807) is 14.2 Å². The predicted octanol–water partition coefficient (Wildman–Crippen LogP) is 4.00. The number of H-pyrrole nitrogens is 2. The van der Waals surface area contributed by atoms with Gasteiger partial charge in [0, 0.05) is 34.9 Å². The van der Waals surface area contributed by atoms with Crippen molar-refractivity contribution in [3.63, 3.8) is 0 Å². The highest BCUT2D eigenvalue weighted by atomic mass is 16.5. The molecule has 0 saturated carbocycles. The summed E-state index contributed by atoms with van der Waals surface area (Å²) in [4.78, 5) is 18.5. The number of hydrogen-bond donors (Lipinski definition) is 2. The first-order valence-electron chi connectivity index (χ1n) is 10.2. The molecule has 0 spiro atoms. The number of ether oxygens (including phenoxy) is 2. The van der Waals surface area contributed by atoms with Crippen LogP contribution in [0.15, 0.2) is 48.7 Å². The van der Waals surface area contributed by atoms with Crippen molar-refractivity contribution in [2.45, 2.75) is 19.4 Å². The number of nitrogens with zero attached hydrogens (tertiary/aromatic N) is 2. The largest absolute Gasteiger partial charge is 0.497 e. The fraction of sp³-hybridized carbons (Fsp3) is 0.250. The van der Waals surface area contributed by atoms with Crippen molar-refractivity contribution < 1.29 is 14.3 Å². The second kappa shape index (κ2) is 7.50. The topological polar surface area (TPSA) is 83.2 Å². The molecule has 1 atom stereocenters. The summed E-state index contributed by atoms with van der Waals surface area (Å²) in [5.74, 6) is 1.53. The lowest BCUT2D eigenvalue weighted by Crippen LogP contribution is -2.31. The molecule has 0 aliphatic carbocycles. The van der Waals surface area contributed by atoms with E-state index in [0.29, 0.717) is 18.7 Å². The summed E-state index contributed by atoms with van der Waals surface area (Å²) in [7, 11) is 3.31. The van der Waals surface area contributed by atoms with Gasteiger partial charge in [-0.3, -0.25) is 9.89 Å². The lowest BCUT2D eigenvalue weighted by atomic mass is 9.98. The Morgan fingerprint density at radius 2 is 1.90 bits per heavy atom. The van der Waals surface area contributed by atoms with Gasteiger partial charge in [-0.15, -0.1) is 0 Å². The smallest absolute Gasteiger partial charge is 0.275 e. The molecule has 4 aromatic rings. The van der Waals surface area contributed by atoms with E-state index in [-0.39, 0.29) is 11.9 Å². The Hall–Kier alpha value is -3.74. The molecule has 2 aromatic carbocycles. The van der Waals surface area contributed by atoms with Gasteiger partial charge in [0.15, 0.2) is 5.69 Å². The molecule has 1 aliphatic rings. The number of aromatic nitrogens is 3. The maximum atomic E-state index is 13.3. The zero-order valence-electron chi connectivity index (χ0n) is 17.7. The third kappa shape index (κ3) is 3.13. The molecule has 0 fully saturated rings. The van der Waals surface area contributed by atoms with Crippen LogP contribution >= 0.6 is 0 Å². The molecule has 2 aromatic heterocycles. The summed E-state index contributed by atoms with van der Waals surface area (Å²) in [5.41, 5.74) is 5.57. The number of aryl methyl sites for hydroxylation is 1. The molecule has 0 bridgehead atoms. The summed E-state index contributed by atoms with van der Waals surface area (Å²) in [6.45, 7) is 2.53. The third-order valence-electron chi connectivity index (χ3n) is 6.05. The SMILES string of the molecule is COc1cccc([C@H]2c3c(n[nH]c3C)C(=O)N2CCc2c[nH]c3ccc(OC)cc23)c1. The van der Waals surface area contributed by atoms with E-state index in [9.17, 15) is 4.79 Å². The van der Waals surface area contributed by atoms with Gasteiger partial charge < -0.3 is 19.4 Å². The van der Waals surface area contributed by atoms with Gasteiger partial charge in [-0.2, -0.15) is 5.10 Å². The first-order valence-corrected chi connectivity index (χ1v) is 10.2. The quantitative estimate of drug-likeness (QED) is 0.498. The van der Waals surface area contributed by atoms with Crippen LogP contribution in [0, 0.1) is 6.92 Å². The van der Waals surface area contributed by atoms with Crippen LogP contribution in [0.5, 0.6) is 11.5 Å². The van der Waals surface area contributed by atoms with Gasteiger partial charge in [0.25, 0.3) is 5.91 Å². The molecule has 7 nitrogen and oxygen atoms in total. The summed E-state index contributed by atoms with van der Waals surface area (Å²) in [6, 6.07) is 13.7. The number of methoxy groups -OCH3 is 2. The van der Waals surface area contributed by atoms with Crippen LogP contribution in [0.2, 0.25) is 0 Å². The van der Waals surface area contributed by atoms with E-state index in [1.807, 2.05) is 60.5 Å². The van der Waals surface area contributed by atoms with Gasteiger partial charge in [-0.25, -0.2) is 0 Å². The average Bonchev–Trinajstić information content (AvgIpc) is 3.46. The third-order valence-corrected chi connectivity index (χ3v) is 6.05. The van der Waals surface area contributed by atoms with E-state index >= 15 is 0 Å². The standard InChI is InChI=1S/C24H24N4O3/c1-14-21-22(27-26-14)24(29)28(23(21)15-5-4-6-17(11-15)30-2)10-9-16-13-25-20-8-7-18(31-3)12-19(16)20/h4-8,11-13,23,25H,9-10H2,1-3H3,(H,26,27)/t23-/m0/s1. The zero-order valence-corrected chi connectivity index (χ0v) is 17.7. The van der Waals surface area contributed by atoms with Crippen molar-refractivity contribution in [3.05, 3.63) is 76.7 Å².